The Morgan fingerprint density at radius 3 is 2.78 bits per heavy atom. The lowest BCUT2D eigenvalue weighted by molar-refractivity contribution is -0.446. The number of hydrogen-bond acceptors (Lipinski definition) is 6. The first-order chi connectivity index (χ1) is 11.0. The highest BCUT2D eigenvalue weighted by atomic mass is 16.7. The van der Waals surface area contributed by atoms with Gasteiger partial charge in [0.05, 0.1) is 5.56 Å². The highest BCUT2D eigenvalue weighted by molar-refractivity contribution is 5.89. The van der Waals surface area contributed by atoms with Gasteiger partial charge in [0.15, 0.2) is 5.03 Å². The zero-order valence-electron chi connectivity index (χ0n) is 12.3. The summed E-state index contributed by atoms with van der Waals surface area (Å²) < 4.78 is 0. The fraction of sp³-hybridized carbons (Fsp3) is 0.214. The van der Waals surface area contributed by atoms with Crippen molar-refractivity contribution in [3.05, 3.63) is 51.7 Å². The summed E-state index contributed by atoms with van der Waals surface area (Å²) in [5.74, 6) is -0.827. The molecule has 0 unspecified atom stereocenters. The summed E-state index contributed by atoms with van der Waals surface area (Å²) in [4.78, 5) is 29.6. The van der Waals surface area contributed by atoms with Crippen LogP contribution in [0.2, 0.25) is 0 Å². The van der Waals surface area contributed by atoms with Gasteiger partial charge in [-0.15, -0.1) is 0 Å². The van der Waals surface area contributed by atoms with Gasteiger partial charge in [0.2, 0.25) is 0 Å². The van der Waals surface area contributed by atoms with Crippen LogP contribution in [-0.4, -0.2) is 26.1 Å². The molecular weight excluding hydrogens is 302 g/mol. The maximum atomic E-state index is 11.0. The van der Waals surface area contributed by atoms with Crippen LogP contribution in [0.1, 0.15) is 29.4 Å². The Hall–Kier alpha value is -3.23. The van der Waals surface area contributed by atoms with Crippen molar-refractivity contribution in [1.29, 1.82) is 0 Å². The summed E-state index contributed by atoms with van der Waals surface area (Å²) >= 11 is 0. The number of aromatic nitrogens is 2. The topological polar surface area (TPSA) is 130 Å². The molecule has 0 saturated heterocycles. The number of nitrogens with zero attached hydrogens (tertiary/aromatic N) is 3. The highest BCUT2D eigenvalue weighted by Crippen LogP contribution is 2.19. The Balaban J connectivity index is 2.30. The lowest BCUT2D eigenvalue weighted by atomic mass is 10.2. The number of rotatable bonds is 7. The number of carbonyl (C=O) groups is 1. The summed E-state index contributed by atoms with van der Waals surface area (Å²) in [6, 6.07) is 7.85. The number of anilines is 3. The van der Waals surface area contributed by atoms with E-state index in [1.165, 1.54) is 12.1 Å². The van der Waals surface area contributed by atoms with Crippen LogP contribution >= 0.6 is 0 Å². The van der Waals surface area contributed by atoms with Crippen LogP contribution in [0.5, 0.6) is 0 Å². The normalized spacial score (nSPS) is 10.1. The molecular formula is C14H15N5O4. The van der Waals surface area contributed by atoms with Crippen molar-refractivity contribution in [3.8, 4) is 0 Å². The maximum Gasteiger partial charge on any atom is 0.335 e. The summed E-state index contributed by atoms with van der Waals surface area (Å²) in [6.07, 6.45) is 1.46. The van der Waals surface area contributed by atoms with Crippen LogP contribution in [0.3, 0.4) is 0 Å². The molecule has 120 valence electrons. The fourth-order valence-corrected chi connectivity index (χ4v) is 1.96. The molecule has 0 amide bonds. The minimum Gasteiger partial charge on any atom is -0.478 e. The second-order valence-corrected chi connectivity index (χ2v) is 4.70. The number of benzene rings is 1. The van der Waals surface area contributed by atoms with Gasteiger partial charge in [-0.25, -0.2) is 19.9 Å². The van der Waals surface area contributed by atoms with Crippen molar-refractivity contribution in [3.63, 3.8) is 0 Å². The van der Waals surface area contributed by atoms with Crippen LogP contribution < -0.4 is 10.7 Å². The zero-order chi connectivity index (χ0) is 16.8. The smallest absolute Gasteiger partial charge is 0.335 e. The van der Waals surface area contributed by atoms with E-state index in [1.54, 1.807) is 18.2 Å². The van der Waals surface area contributed by atoms with Gasteiger partial charge < -0.3 is 10.4 Å². The Labute approximate surface area is 131 Å². The third-order valence-electron chi connectivity index (χ3n) is 2.86. The monoisotopic (exact) mass is 317 g/mol. The third-order valence-corrected chi connectivity index (χ3v) is 2.86. The van der Waals surface area contributed by atoms with Crippen molar-refractivity contribution in [1.82, 2.24) is 9.97 Å². The molecule has 0 aliphatic heterocycles. The number of hydrazine groups is 1. The molecule has 0 atom stereocenters. The van der Waals surface area contributed by atoms with Crippen molar-refractivity contribution in [2.45, 2.75) is 19.8 Å². The van der Waals surface area contributed by atoms with Gasteiger partial charge in [-0.05, 0) is 24.6 Å². The van der Waals surface area contributed by atoms with Crippen molar-refractivity contribution < 1.29 is 14.9 Å². The Morgan fingerprint density at radius 1 is 1.35 bits per heavy atom. The number of nitro groups is 1. The average Bonchev–Trinajstić information content (AvgIpc) is 2.46. The maximum absolute atomic E-state index is 11.0. The van der Waals surface area contributed by atoms with Crippen LogP contribution in [0.4, 0.5) is 17.5 Å². The second kappa shape index (κ2) is 7.16. The molecule has 9 nitrogen and oxygen atoms in total. The lowest BCUT2D eigenvalue weighted by Crippen LogP contribution is -2.13. The van der Waals surface area contributed by atoms with Crippen LogP contribution in [0, 0.1) is 10.1 Å². The van der Waals surface area contributed by atoms with E-state index in [-0.39, 0.29) is 11.5 Å². The first-order valence-electron chi connectivity index (χ1n) is 6.87. The minimum atomic E-state index is -1.04. The van der Waals surface area contributed by atoms with Gasteiger partial charge >= 0.3 is 5.97 Å². The van der Waals surface area contributed by atoms with E-state index in [4.69, 9.17) is 5.11 Å². The molecule has 23 heavy (non-hydrogen) atoms. The Kier molecular flexibility index (Phi) is 5.03. The first kappa shape index (κ1) is 16.1. The molecule has 0 aliphatic rings. The molecule has 0 bridgehead atoms. The molecule has 0 spiro atoms. The molecule has 0 fully saturated rings. The average molecular weight is 317 g/mol. The molecule has 1 aromatic heterocycles. The number of carboxylic acids is 1. The van der Waals surface area contributed by atoms with Gasteiger partial charge in [0.1, 0.15) is 5.82 Å². The van der Waals surface area contributed by atoms with Crippen molar-refractivity contribution in [2.75, 3.05) is 10.7 Å². The SMILES string of the molecule is CCCc1cc(Nc2cccc(C(=O)O)c2)nc(N[N+](=O)[O-])n1. The van der Waals surface area contributed by atoms with Crippen LogP contribution in [0.15, 0.2) is 30.3 Å². The van der Waals surface area contributed by atoms with E-state index >= 15 is 0 Å². The second-order valence-electron chi connectivity index (χ2n) is 4.70. The highest BCUT2D eigenvalue weighted by Gasteiger charge is 2.09. The number of aryl methyl sites for hydroxylation is 1. The summed E-state index contributed by atoms with van der Waals surface area (Å²) in [5.41, 5.74) is 3.21. The zero-order valence-corrected chi connectivity index (χ0v) is 12.3. The van der Waals surface area contributed by atoms with E-state index < -0.39 is 11.0 Å². The molecule has 3 N–H and O–H groups in total. The van der Waals surface area contributed by atoms with Crippen molar-refractivity contribution in [2.24, 2.45) is 0 Å². The van der Waals surface area contributed by atoms with Gasteiger partial charge in [0, 0.05) is 17.4 Å². The molecule has 9 heteroatoms. The number of nitrogens with one attached hydrogen (secondary N) is 2. The summed E-state index contributed by atoms with van der Waals surface area (Å²) in [6.45, 7) is 1.96. The summed E-state index contributed by atoms with van der Waals surface area (Å²) in [7, 11) is 0. The van der Waals surface area contributed by atoms with Crippen LogP contribution in [0.25, 0.3) is 0 Å². The van der Waals surface area contributed by atoms with Crippen molar-refractivity contribution >= 4 is 23.4 Å². The molecule has 0 saturated carbocycles. The fourth-order valence-electron chi connectivity index (χ4n) is 1.96. The molecule has 2 aromatic rings. The van der Waals surface area contributed by atoms with E-state index in [1.807, 2.05) is 12.3 Å². The van der Waals surface area contributed by atoms with Gasteiger partial charge in [-0.3, -0.25) is 0 Å². The van der Waals surface area contributed by atoms with E-state index in [9.17, 15) is 14.9 Å². The van der Waals surface area contributed by atoms with E-state index in [0.29, 0.717) is 23.6 Å². The minimum absolute atomic E-state index is 0.126. The van der Waals surface area contributed by atoms with Gasteiger partial charge in [0.25, 0.3) is 5.95 Å². The van der Waals surface area contributed by atoms with Gasteiger partial charge in [-0.1, -0.05) is 24.8 Å². The predicted octanol–water partition coefficient (Wildman–Crippen LogP) is 2.47. The third kappa shape index (κ3) is 4.63. The number of carboxylic acid groups (broad SMARTS) is 1. The Morgan fingerprint density at radius 2 is 2.13 bits per heavy atom. The first-order valence-corrected chi connectivity index (χ1v) is 6.87. The van der Waals surface area contributed by atoms with E-state index in [2.05, 4.69) is 15.3 Å². The largest absolute Gasteiger partial charge is 0.478 e. The number of hydrogen-bond donors (Lipinski definition) is 3. The van der Waals surface area contributed by atoms with E-state index in [0.717, 1.165) is 6.42 Å². The van der Waals surface area contributed by atoms with Gasteiger partial charge in [-0.2, -0.15) is 4.98 Å². The molecule has 0 aliphatic carbocycles. The molecule has 1 heterocycles. The van der Waals surface area contributed by atoms with Crippen LogP contribution in [-0.2, 0) is 6.42 Å². The molecule has 0 radical (unpaired) electrons. The predicted molar refractivity (Wildman–Crippen MR) is 83.3 cm³/mol. The molecule has 2 rings (SSSR count). The number of aromatic carboxylic acids is 1. The molecule has 1 aromatic carbocycles. The lowest BCUT2D eigenvalue weighted by Gasteiger charge is -2.09. The Bertz CT molecular complexity index is 735. The quantitative estimate of drug-likeness (QED) is 0.524. The standard InChI is InChI=1S/C14H15N5O4/c1-2-4-10-8-12(17-14(16-10)18-19(22)23)15-11-6-3-5-9(7-11)13(20)21/h3,5-8H,2,4H2,1H3,(H,20,21)(H2,15,16,17,18). The summed E-state index contributed by atoms with van der Waals surface area (Å²) in [5, 5.41) is 21.7.